The highest BCUT2D eigenvalue weighted by Crippen LogP contribution is 2.41. The normalized spacial score (nSPS) is 26.7. The zero-order chi connectivity index (χ0) is 16.5. The second kappa shape index (κ2) is 7.12. The molecule has 0 spiro atoms. The standard InChI is InChI=1S/C19H29N3OS/c1-14-6-9-22(10-7-14)19(23)16-3-2-8-21(11-16)12-17-13-24-18(20-17)15-4-5-15/h13-16H,2-12H2,1H3/t16-/m0/s1. The van der Waals surface area contributed by atoms with E-state index in [1.807, 2.05) is 11.3 Å². The molecule has 4 nitrogen and oxygen atoms in total. The molecular weight excluding hydrogens is 318 g/mol. The maximum absolute atomic E-state index is 12.8. The molecule has 3 fully saturated rings. The number of likely N-dealkylation sites (tertiary alicyclic amines) is 2. The van der Waals surface area contributed by atoms with Crippen LogP contribution in [0.4, 0.5) is 0 Å². The first-order valence-electron chi connectivity index (χ1n) is 9.64. The molecule has 24 heavy (non-hydrogen) atoms. The molecule has 5 heteroatoms. The fraction of sp³-hybridized carbons (Fsp3) is 0.789. The summed E-state index contributed by atoms with van der Waals surface area (Å²) in [6.07, 6.45) is 7.19. The summed E-state index contributed by atoms with van der Waals surface area (Å²) in [5, 5.41) is 3.56. The first-order valence-corrected chi connectivity index (χ1v) is 10.5. The van der Waals surface area contributed by atoms with Crippen molar-refractivity contribution in [2.24, 2.45) is 11.8 Å². The molecule has 1 aliphatic carbocycles. The van der Waals surface area contributed by atoms with Crippen LogP contribution in [-0.2, 0) is 11.3 Å². The molecule has 1 atom stereocenters. The van der Waals surface area contributed by atoms with Crippen LogP contribution < -0.4 is 0 Å². The molecular formula is C19H29N3OS. The van der Waals surface area contributed by atoms with Crippen LogP contribution in [0.3, 0.4) is 0 Å². The molecule has 132 valence electrons. The Balaban J connectivity index is 1.32. The lowest BCUT2D eigenvalue weighted by Gasteiger charge is -2.37. The van der Waals surface area contributed by atoms with Crippen LogP contribution in [0.1, 0.15) is 62.1 Å². The lowest BCUT2D eigenvalue weighted by atomic mass is 9.93. The molecule has 0 bridgehead atoms. The van der Waals surface area contributed by atoms with Crippen molar-refractivity contribution < 1.29 is 4.79 Å². The van der Waals surface area contributed by atoms with E-state index in [-0.39, 0.29) is 5.92 Å². The van der Waals surface area contributed by atoms with Crippen molar-refractivity contribution in [3.8, 4) is 0 Å². The Labute approximate surface area is 149 Å². The number of carbonyl (C=O) groups is 1. The van der Waals surface area contributed by atoms with Crippen molar-refractivity contribution in [2.75, 3.05) is 26.2 Å². The minimum atomic E-state index is 0.202. The number of amides is 1. The number of carbonyl (C=O) groups excluding carboxylic acids is 1. The Hall–Kier alpha value is -0.940. The van der Waals surface area contributed by atoms with Gasteiger partial charge < -0.3 is 4.90 Å². The summed E-state index contributed by atoms with van der Waals surface area (Å²) in [5.41, 5.74) is 1.21. The Morgan fingerprint density at radius 1 is 1.21 bits per heavy atom. The summed E-state index contributed by atoms with van der Waals surface area (Å²) in [4.78, 5) is 22.2. The number of hydrogen-bond donors (Lipinski definition) is 0. The van der Waals surface area contributed by atoms with Gasteiger partial charge in [0.15, 0.2) is 0 Å². The maximum Gasteiger partial charge on any atom is 0.226 e. The predicted octanol–water partition coefficient (Wildman–Crippen LogP) is 3.49. The number of nitrogens with zero attached hydrogens (tertiary/aromatic N) is 3. The fourth-order valence-corrected chi connectivity index (χ4v) is 5.01. The van der Waals surface area contributed by atoms with E-state index in [0.29, 0.717) is 5.91 Å². The summed E-state index contributed by atoms with van der Waals surface area (Å²) in [7, 11) is 0. The summed E-state index contributed by atoms with van der Waals surface area (Å²) in [6, 6.07) is 0. The van der Waals surface area contributed by atoms with Gasteiger partial charge in [0.25, 0.3) is 0 Å². The van der Waals surface area contributed by atoms with E-state index in [1.165, 1.54) is 36.4 Å². The van der Waals surface area contributed by atoms with Crippen LogP contribution in [0.25, 0.3) is 0 Å². The van der Waals surface area contributed by atoms with Crippen molar-refractivity contribution in [1.82, 2.24) is 14.8 Å². The highest BCUT2D eigenvalue weighted by atomic mass is 32.1. The summed E-state index contributed by atoms with van der Waals surface area (Å²) in [6.45, 7) is 7.18. The lowest BCUT2D eigenvalue weighted by molar-refractivity contribution is -0.138. The van der Waals surface area contributed by atoms with Crippen LogP contribution >= 0.6 is 11.3 Å². The van der Waals surface area contributed by atoms with Gasteiger partial charge in [-0.15, -0.1) is 11.3 Å². The number of piperidine rings is 2. The molecule has 4 rings (SSSR count). The van der Waals surface area contributed by atoms with Gasteiger partial charge >= 0.3 is 0 Å². The Bertz CT molecular complexity index is 575. The largest absolute Gasteiger partial charge is 0.342 e. The van der Waals surface area contributed by atoms with Gasteiger partial charge in [-0.25, -0.2) is 4.98 Å². The molecule has 3 heterocycles. The Kier molecular flexibility index (Phi) is 4.90. The van der Waals surface area contributed by atoms with Gasteiger partial charge in [0, 0.05) is 37.5 Å². The van der Waals surface area contributed by atoms with E-state index in [2.05, 4.69) is 22.1 Å². The van der Waals surface area contributed by atoms with Gasteiger partial charge in [0.05, 0.1) is 16.6 Å². The first kappa shape index (κ1) is 16.5. The van der Waals surface area contributed by atoms with Crippen molar-refractivity contribution in [2.45, 2.75) is 57.9 Å². The van der Waals surface area contributed by atoms with Gasteiger partial charge in [0.2, 0.25) is 5.91 Å². The topological polar surface area (TPSA) is 36.4 Å². The third-order valence-corrected chi connectivity index (χ3v) is 6.89. The highest BCUT2D eigenvalue weighted by Gasteiger charge is 2.31. The van der Waals surface area contributed by atoms with Crippen LogP contribution in [0.5, 0.6) is 0 Å². The van der Waals surface area contributed by atoms with Gasteiger partial charge in [-0.05, 0) is 51.0 Å². The number of aromatic nitrogens is 1. The third kappa shape index (κ3) is 3.83. The van der Waals surface area contributed by atoms with Crippen LogP contribution in [0.15, 0.2) is 5.38 Å². The Morgan fingerprint density at radius 3 is 2.75 bits per heavy atom. The van der Waals surface area contributed by atoms with E-state index in [9.17, 15) is 4.79 Å². The van der Waals surface area contributed by atoms with Crippen molar-refractivity contribution in [3.63, 3.8) is 0 Å². The molecule has 1 amide bonds. The molecule has 1 aromatic rings. The first-order chi connectivity index (χ1) is 11.7. The number of hydrogen-bond acceptors (Lipinski definition) is 4. The summed E-state index contributed by atoms with van der Waals surface area (Å²) >= 11 is 1.83. The Morgan fingerprint density at radius 2 is 2.00 bits per heavy atom. The fourth-order valence-electron chi connectivity index (χ4n) is 4.03. The molecule has 0 N–H and O–H groups in total. The zero-order valence-corrected chi connectivity index (χ0v) is 15.6. The second-order valence-corrected chi connectivity index (χ2v) is 8.92. The molecule has 0 radical (unpaired) electrons. The van der Waals surface area contributed by atoms with Gasteiger partial charge in [-0.2, -0.15) is 0 Å². The monoisotopic (exact) mass is 347 g/mol. The van der Waals surface area contributed by atoms with E-state index in [0.717, 1.165) is 57.4 Å². The summed E-state index contributed by atoms with van der Waals surface area (Å²) in [5.74, 6) is 2.14. The van der Waals surface area contributed by atoms with E-state index in [4.69, 9.17) is 4.98 Å². The van der Waals surface area contributed by atoms with Crippen molar-refractivity contribution in [3.05, 3.63) is 16.1 Å². The SMILES string of the molecule is CC1CCN(C(=O)[C@H]2CCCN(Cc3csc(C4CC4)n3)C2)CC1. The predicted molar refractivity (Wildman–Crippen MR) is 97.1 cm³/mol. The van der Waals surface area contributed by atoms with Crippen molar-refractivity contribution >= 4 is 17.2 Å². The lowest BCUT2D eigenvalue weighted by Crippen LogP contribution is -2.46. The zero-order valence-electron chi connectivity index (χ0n) is 14.7. The molecule has 1 saturated carbocycles. The van der Waals surface area contributed by atoms with Crippen LogP contribution in [0.2, 0.25) is 0 Å². The molecule has 0 aromatic carbocycles. The molecule has 1 aromatic heterocycles. The summed E-state index contributed by atoms with van der Waals surface area (Å²) < 4.78 is 0. The minimum Gasteiger partial charge on any atom is -0.342 e. The van der Waals surface area contributed by atoms with Crippen LogP contribution in [-0.4, -0.2) is 46.9 Å². The van der Waals surface area contributed by atoms with Crippen LogP contribution in [0, 0.1) is 11.8 Å². The second-order valence-electron chi connectivity index (χ2n) is 8.03. The quantitative estimate of drug-likeness (QED) is 0.836. The molecule has 3 aliphatic rings. The highest BCUT2D eigenvalue weighted by molar-refractivity contribution is 7.09. The maximum atomic E-state index is 12.8. The molecule has 2 aliphatic heterocycles. The van der Waals surface area contributed by atoms with E-state index in [1.54, 1.807) is 0 Å². The minimum absolute atomic E-state index is 0.202. The average molecular weight is 348 g/mol. The third-order valence-electron chi connectivity index (χ3n) is 5.83. The van der Waals surface area contributed by atoms with E-state index < -0.39 is 0 Å². The number of rotatable bonds is 4. The molecule has 2 saturated heterocycles. The van der Waals surface area contributed by atoms with Crippen molar-refractivity contribution in [1.29, 1.82) is 0 Å². The smallest absolute Gasteiger partial charge is 0.226 e. The van der Waals surface area contributed by atoms with Gasteiger partial charge in [-0.1, -0.05) is 6.92 Å². The molecule has 0 unspecified atom stereocenters. The number of thiazole rings is 1. The average Bonchev–Trinajstić information content (AvgIpc) is 3.35. The van der Waals surface area contributed by atoms with E-state index >= 15 is 0 Å². The van der Waals surface area contributed by atoms with Gasteiger partial charge in [-0.3, -0.25) is 9.69 Å². The van der Waals surface area contributed by atoms with Gasteiger partial charge in [0.1, 0.15) is 0 Å².